The maximum Gasteiger partial charge on any atom is 0.341 e. The third-order valence-corrected chi connectivity index (χ3v) is 3.93. The highest BCUT2D eigenvalue weighted by molar-refractivity contribution is 9.10. The Balaban J connectivity index is 3.21. The number of nitrogens with zero attached hydrogens (tertiary/aromatic N) is 1. The van der Waals surface area contributed by atoms with E-state index in [0.717, 1.165) is 6.42 Å². The van der Waals surface area contributed by atoms with Crippen LogP contribution in [-0.2, 0) is 9.59 Å². The highest BCUT2D eigenvalue weighted by atomic mass is 79.9. The Kier molecular flexibility index (Phi) is 8.65. The first-order chi connectivity index (χ1) is 12.3. The molecule has 140 valence electrons. The smallest absolute Gasteiger partial charge is 0.341 e. The van der Waals surface area contributed by atoms with Gasteiger partial charge in [0.25, 0.3) is 5.91 Å². The maximum atomic E-state index is 12.2. The lowest BCUT2D eigenvalue weighted by Crippen LogP contribution is -2.32. The van der Waals surface area contributed by atoms with Gasteiger partial charge in [0.1, 0.15) is 11.6 Å². The summed E-state index contributed by atoms with van der Waals surface area (Å²) >= 11 is 3.31. The van der Waals surface area contributed by atoms with Crippen molar-refractivity contribution in [2.45, 2.75) is 33.2 Å². The van der Waals surface area contributed by atoms with Gasteiger partial charge in [0.2, 0.25) is 0 Å². The third-order valence-electron chi connectivity index (χ3n) is 3.34. The van der Waals surface area contributed by atoms with Gasteiger partial charge in [-0.2, -0.15) is 5.26 Å². The van der Waals surface area contributed by atoms with E-state index in [1.807, 2.05) is 19.9 Å². The summed E-state index contributed by atoms with van der Waals surface area (Å²) < 4.78 is 11.2. The van der Waals surface area contributed by atoms with Gasteiger partial charge in [-0.25, -0.2) is 4.79 Å². The van der Waals surface area contributed by atoms with Crippen LogP contribution in [0.5, 0.6) is 11.5 Å². The van der Waals surface area contributed by atoms with E-state index in [0.29, 0.717) is 22.4 Å². The molecule has 0 aliphatic carbocycles. The number of aliphatic carboxylic acids is 1. The molecule has 0 heterocycles. The number of hydrogen-bond acceptors (Lipinski definition) is 5. The normalized spacial score (nSPS) is 12.0. The summed E-state index contributed by atoms with van der Waals surface area (Å²) in [6.07, 6.45) is 2.19. The predicted octanol–water partition coefficient (Wildman–Crippen LogP) is 3.13. The molecule has 0 aliphatic heterocycles. The minimum atomic E-state index is -1.11. The van der Waals surface area contributed by atoms with Crippen molar-refractivity contribution in [3.05, 3.63) is 27.7 Å². The number of nitriles is 1. The molecule has 1 aromatic rings. The van der Waals surface area contributed by atoms with E-state index in [9.17, 15) is 14.9 Å². The second-order valence-electron chi connectivity index (χ2n) is 5.40. The highest BCUT2D eigenvalue weighted by Gasteiger charge is 2.16. The van der Waals surface area contributed by atoms with Gasteiger partial charge < -0.3 is 19.9 Å². The van der Waals surface area contributed by atoms with Gasteiger partial charge in [-0.3, -0.25) is 4.79 Å². The average molecular weight is 425 g/mol. The first kappa shape index (κ1) is 21.5. The molecule has 0 unspecified atom stereocenters. The molecule has 0 radical (unpaired) electrons. The van der Waals surface area contributed by atoms with Gasteiger partial charge in [-0.05, 0) is 60.0 Å². The Hall–Kier alpha value is -2.53. The molecule has 0 saturated heterocycles. The molecule has 1 aromatic carbocycles. The summed E-state index contributed by atoms with van der Waals surface area (Å²) in [7, 11) is 0. The molecule has 26 heavy (non-hydrogen) atoms. The summed E-state index contributed by atoms with van der Waals surface area (Å²) in [5.74, 6) is -1.01. The Morgan fingerprint density at radius 2 is 2.08 bits per heavy atom. The van der Waals surface area contributed by atoms with Gasteiger partial charge in [0.05, 0.1) is 11.1 Å². The van der Waals surface area contributed by atoms with Gasteiger partial charge in [0, 0.05) is 6.04 Å². The van der Waals surface area contributed by atoms with Crippen molar-refractivity contribution >= 4 is 33.9 Å². The Bertz CT molecular complexity index is 740. The quantitative estimate of drug-likeness (QED) is 0.465. The van der Waals surface area contributed by atoms with Crippen molar-refractivity contribution in [3.8, 4) is 17.6 Å². The van der Waals surface area contributed by atoms with Crippen molar-refractivity contribution < 1.29 is 24.2 Å². The van der Waals surface area contributed by atoms with Crippen LogP contribution in [0.2, 0.25) is 0 Å². The van der Waals surface area contributed by atoms with Crippen LogP contribution in [0, 0.1) is 11.3 Å². The van der Waals surface area contributed by atoms with E-state index in [1.54, 1.807) is 19.1 Å². The first-order valence-corrected chi connectivity index (χ1v) is 8.85. The minimum absolute atomic E-state index is 0.0427. The van der Waals surface area contributed by atoms with Crippen molar-refractivity contribution in [2.75, 3.05) is 13.2 Å². The zero-order valence-electron chi connectivity index (χ0n) is 14.8. The van der Waals surface area contributed by atoms with Gasteiger partial charge in [-0.15, -0.1) is 0 Å². The minimum Gasteiger partial charge on any atom is -0.490 e. The highest BCUT2D eigenvalue weighted by Crippen LogP contribution is 2.37. The van der Waals surface area contributed by atoms with E-state index >= 15 is 0 Å². The topological polar surface area (TPSA) is 109 Å². The van der Waals surface area contributed by atoms with E-state index in [1.165, 1.54) is 6.08 Å². The molecule has 1 rings (SSSR count). The lowest BCUT2D eigenvalue weighted by molar-refractivity contribution is -0.139. The lowest BCUT2D eigenvalue weighted by Gasteiger charge is -2.14. The molecule has 7 nitrogen and oxygen atoms in total. The number of benzene rings is 1. The van der Waals surface area contributed by atoms with E-state index in [4.69, 9.17) is 14.6 Å². The van der Waals surface area contributed by atoms with Crippen molar-refractivity contribution in [1.29, 1.82) is 5.26 Å². The number of nitrogens with one attached hydrogen (secondary N) is 1. The number of hydrogen-bond donors (Lipinski definition) is 2. The van der Waals surface area contributed by atoms with Crippen LogP contribution in [0.1, 0.15) is 32.8 Å². The largest absolute Gasteiger partial charge is 0.490 e. The Morgan fingerprint density at radius 3 is 2.62 bits per heavy atom. The Morgan fingerprint density at radius 1 is 1.38 bits per heavy atom. The van der Waals surface area contributed by atoms with Crippen molar-refractivity contribution in [1.82, 2.24) is 5.32 Å². The molecule has 8 heteroatoms. The van der Waals surface area contributed by atoms with Gasteiger partial charge in [-0.1, -0.05) is 6.92 Å². The number of carbonyl (C=O) groups is 2. The van der Waals surface area contributed by atoms with E-state index in [2.05, 4.69) is 21.2 Å². The number of halogens is 1. The molecular formula is C18H21BrN2O5. The summed E-state index contributed by atoms with van der Waals surface area (Å²) in [6.45, 7) is 5.38. The van der Waals surface area contributed by atoms with Crippen molar-refractivity contribution in [3.63, 3.8) is 0 Å². The molecule has 1 amide bonds. The maximum absolute atomic E-state index is 12.2. The zero-order chi connectivity index (χ0) is 19.7. The fraction of sp³-hybridized carbons (Fsp3) is 0.389. The number of carbonyl (C=O) groups excluding carboxylic acids is 1. The molecule has 1 atom stereocenters. The fourth-order valence-corrected chi connectivity index (χ4v) is 2.50. The molecule has 0 fully saturated rings. The van der Waals surface area contributed by atoms with Gasteiger partial charge in [0.15, 0.2) is 18.1 Å². The van der Waals surface area contributed by atoms with Crippen LogP contribution in [0.15, 0.2) is 22.2 Å². The Labute approximate surface area is 160 Å². The van der Waals surface area contributed by atoms with Crippen molar-refractivity contribution in [2.24, 2.45) is 0 Å². The number of rotatable bonds is 9. The van der Waals surface area contributed by atoms with Crippen LogP contribution < -0.4 is 14.8 Å². The summed E-state index contributed by atoms with van der Waals surface area (Å²) in [5, 5.41) is 20.8. The second-order valence-corrected chi connectivity index (χ2v) is 6.25. The SMILES string of the molecule is CCOc1cc(/C=C(\C#N)C(=O)N[C@H](C)CC)cc(Br)c1OCC(=O)O. The lowest BCUT2D eigenvalue weighted by atomic mass is 10.1. The predicted molar refractivity (Wildman–Crippen MR) is 99.9 cm³/mol. The number of ether oxygens (including phenoxy) is 2. The monoisotopic (exact) mass is 424 g/mol. The van der Waals surface area contributed by atoms with Crippen LogP contribution in [0.4, 0.5) is 0 Å². The summed E-state index contributed by atoms with van der Waals surface area (Å²) in [5.41, 5.74) is 0.498. The van der Waals surface area contributed by atoms with Crippen LogP contribution in [0.25, 0.3) is 6.08 Å². The molecule has 0 aliphatic rings. The number of carboxylic acids is 1. The first-order valence-electron chi connectivity index (χ1n) is 8.05. The summed E-state index contributed by atoms with van der Waals surface area (Å²) in [6, 6.07) is 5.05. The standard InChI is InChI=1S/C18H21BrN2O5/c1-4-11(3)21-18(24)13(9-20)6-12-7-14(19)17(26-10-16(22)23)15(8-12)25-5-2/h6-8,11H,4-5,10H2,1-3H3,(H,21,24)(H,22,23)/b13-6+/t11-/m1/s1. The molecule has 0 bridgehead atoms. The average Bonchev–Trinajstić information content (AvgIpc) is 2.58. The zero-order valence-corrected chi connectivity index (χ0v) is 16.4. The molecule has 0 spiro atoms. The van der Waals surface area contributed by atoms with E-state index in [-0.39, 0.29) is 17.4 Å². The van der Waals surface area contributed by atoms with Crippen LogP contribution >= 0.6 is 15.9 Å². The fourth-order valence-electron chi connectivity index (χ4n) is 1.93. The van der Waals surface area contributed by atoms with Crippen LogP contribution in [0.3, 0.4) is 0 Å². The molecule has 2 N–H and O–H groups in total. The molecule has 0 saturated carbocycles. The van der Waals surface area contributed by atoms with Gasteiger partial charge >= 0.3 is 5.97 Å². The van der Waals surface area contributed by atoms with Crippen LogP contribution in [-0.4, -0.2) is 36.2 Å². The summed E-state index contributed by atoms with van der Waals surface area (Å²) in [4.78, 5) is 22.9. The molecular weight excluding hydrogens is 404 g/mol. The van der Waals surface area contributed by atoms with E-state index < -0.39 is 18.5 Å². The third kappa shape index (κ3) is 6.41. The molecule has 0 aromatic heterocycles. The number of amides is 1. The number of carboxylic acid groups (broad SMARTS) is 1. The second kappa shape index (κ2) is 10.5.